The third kappa shape index (κ3) is 8.26. The van der Waals surface area contributed by atoms with Crippen LogP contribution in [0.25, 0.3) is 0 Å². The summed E-state index contributed by atoms with van der Waals surface area (Å²) in [5.74, 6) is 0.281. The van der Waals surface area contributed by atoms with Gasteiger partial charge in [-0.3, -0.25) is 0 Å². The molecule has 2 nitrogen and oxygen atoms in total. The summed E-state index contributed by atoms with van der Waals surface area (Å²) in [5, 5.41) is 11.6. The van der Waals surface area contributed by atoms with Crippen molar-refractivity contribution >= 4 is 0 Å². The van der Waals surface area contributed by atoms with Gasteiger partial charge in [-0.05, 0) is 32.2 Å². The quantitative estimate of drug-likeness (QED) is 0.679. The van der Waals surface area contributed by atoms with Crippen LogP contribution < -0.4 is 5.32 Å². The van der Waals surface area contributed by atoms with Crippen LogP contribution in [0.3, 0.4) is 0 Å². The number of nitrogens with zero attached hydrogens (tertiary/aromatic N) is 1. The number of nitrogens with one attached hydrogen (secondary N) is 1. The number of nitriles is 1. The molecule has 2 heteroatoms. The predicted octanol–water partition coefficient (Wildman–Crippen LogP) is 3.43. The van der Waals surface area contributed by atoms with Crippen molar-refractivity contribution in [1.82, 2.24) is 5.32 Å². The van der Waals surface area contributed by atoms with E-state index in [0.717, 1.165) is 25.9 Å². The standard InChI is InChI=1S/C6H10N2.C6H8.C2H6/c7-4-6-2-1-3-8-5-6;1-2-4-6-5-3-1;1-2/h6,8H,1-3,5H2;1-4H,5-6H2;1-2H3. The van der Waals surface area contributed by atoms with Crippen LogP contribution in [0.5, 0.6) is 0 Å². The van der Waals surface area contributed by atoms with Crippen LogP contribution in [0.2, 0.25) is 0 Å². The highest BCUT2D eigenvalue weighted by molar-refractivity contribution is 5.07. The van der Waals surface area contributed by atoms with Crippen molar-refractivity contribution in [2.75, 3.05) is 13.1 Å². The van der Waals surface area contributed by atoms with Gasteiger partial charge in [0.05, 0.1) is 12.0 Å². The van der Waals surface area contributed by atoms with Gasteiger partial charge in [0.2, 0.25) is 0 Å². The largest absolute Gasteiger partial charge is 0.315 e. The Hall–Kier alpha value is -1.07. The second-order valence-corrected chi connectivity index (χ2v) is 3.61. The molecule has 0 amide bonds. The third-order valence-corrected chi connectivity index (χ3v) is 2.36. The molecule has 1 fully saturated rings. The molecule has 0 spiro atoms. The molecule has 90 valence electrons. The van der Waals surface area contributed by atoms with Gasteiger partial charge in [0, 0.05) is 6.54 Å². The van der Waals surface area contributed by atoms with E-state index in [4.69, 9.17) is 5.26 Å². The molecule has 0 aromatic heterocycles. The number of hydrogen-bond donors (Lipinski definition) is 1. The zero-order chi connectivity index (χ0) is 12.1. The van der Waals surface area contributed by atoms with Crippen molar-refractivity contribution in [2.45, 2.75) is 39.5 Å². The van der Waals surface area contributed by atoms with Crippen LogP contribution >= 0.6 is 0 Å². The summed E-state index contributed by atoms with van der Waals surface area (Å²) in [5.41, 5.74) is 0. The topological polar surface area (TPSA) is 35.8 Å². The van der Waals surface area contributed by atoms with Gasteiger partial charge in [0.15, 0.2) is 0 Å². The van der Waals surface area contributed by atoms with Crippen LogP contribution in [0.15, 0.2) is 24.3 Å². The van der Waals surface area contributed by atoms with Gasteiger partial charge in [0.1, 0.15) is 0 Å². The summed E-state index contributed by atoms with van der Waals surface area (Å²) < 4.78 is 0. The number of hydrogen-bond acceptors (Lipinski definition) is 2. The normalized spacial score (nSPS) is 21.9. The average molecular weight is 220 g/mol. The summed E-state index contributed by atoms with van der Waals surface area (Å²) >= 11 is 0. The SMILES string of the molecule is C1=CCCC=C1.CC.N#CC1CCCNC1. The lowest BCUT2D eigenvalue weighted by Gasteiger charge is -2.15. The monoisotopic (exact) mass is 220 g/mol. The minimum atomic E-state index is 0.281. The van der Waals surface area contributed by atoms with Crippen molar-refractivity contribution < 1.29 is 0 Å². The molecule has 0 saturated carbocycles. The fourth-order valence-electron chi connectivity index (χ4n) is 1.50. The molecular weight excluding hydrogens is 196 g/mol. The lowest BCUT2D eigenvalue weighted by atomic mass is 10.0. The molecule has 0 aromatic rings. The van der Waals surface area contributed by atoms with Crippen molar-refractivity contribution in [2.24, 2.45) is 5.92 Å². The van der Waals surface area contributed by atoms with Crippen molar-refractivity contribution in [3.63, 3.8) is 0 Å². The molecule has 0 bridgehead atoms. The molecule has 0 radical (unpaired) electrons. The van der Waals surface area contributed by atoms with E-state index in [2.05, 4.69) is 35.7 Å². The Morgan fingerprint density at radius 3 is 2.06 bits per heavy atom. The molecule has 1 saturated heterocycles. The van der Waals surface area contributed by atoms with Crippen LogP contribution in [0.4, 0.5) is 0 Å². The highest BCUT2D eigenvalue weighted by Crippen LogP contribution is 2.06. The van der Waals surface area contributed by atoms with Gasteiger partial charge in [-0.15, -0.1) is 0 Å². The van der Waals surface area contributed by atoms with Gasteiger partial charge in [0.25, 0.3) is 0 Å². The molecule has 1 aliphatic carbocycles. The third-order valence-electron chi connectivity index (χ3n) is 2.36. The van der Waals surface area contributed by atoms with E-state index < -0.39 is 0 Å². The number of piperidine rings is 1. The highest BCUT2D eigenvalue weighted by atomic mass is 14.9. The average Bonchev–Trinajstić information content (AvgIpc) is 2.44. The molecule has 1 atom stereocenters. The first-order valence-electron chi connectivity index (χ1n) is 6.35. The van der Waals surface area contributed by atoms with Gasteiger partial charge in [-0.2, -0.15) is 5.26 Å². The predicted molar refractivity (Wildman–Crippen MR) is 70.1 cm³/mol. The molecule has 0 aromatic carbocycles. The van der Waals surface area contributed by atoms with Crippen molar-refractivity contribution in [3.8, 4) is 6.07 Å². The zero-order valence-corrected chi connectivity index (χ0v) is 10.6. The Labute approximate surface area is 100 Å². The lowest BCUT2D eigenvalue weighted by Crippen LogP contribution is -2.28. The number of allylic oxidation sites excluding steroid dienone is 4. The van der Waals surface area contributed by atoms with Crippen LogP contribution in [0, 0.1) is 17.2 Å². The molecule has 16 heavy (non-hydrogen) atoms. The molecule has 1 N–H and O–H groups in total. The fourth-order valence-corrected chi connectivity index (χ4v) is 1.50. The summed E-state index contributed by atoms with van der Waals surface area (Å²) in [6.07, 6.45) is 13.3. The van der Waals surface area contributed by atoms with Crippen molar-refractivity contribution in [3.05, 3.63) is 24.3 Å². The molecule has 1 aliphatic heterocycles. The van der Waals surface area contributed by atoms with E-state index in [1.54, 1.807) is 0 Å². The highest BCUT2D eigenvalue weighted by Gasteiger charge is 2.09. The second-order valence-electron chi connectivity index (χ2n) is 3.61. The number of rotatable bonds is 0. The summed E-state index contributed by atoms with van der Waals surface area (Å²) in [4.78, 5) is 0. The van der Waals surface area contributed by atoms with Gasteiger partial charge in [-0.25, -0.2) is 0 Å². The van der Waals surface area contributed by atoms with Gasteiger partial charge in [-0.1, -0.05) is 38.2 Å². The summed E-state index contributed by atoms with van der Waals surface area (Å²) in [6, 6.07) is 2.24. The van der Waals surface area contributed by atoms with E-state index in [1.165, 1.54) is 12.8 Å². The van der Waals surface area contributed by atoms with Crippen LogP contribution in [-0.4, -0.2) is 13.1 Å². The van der Waals surface area contributed by atoms with E-state index in [9.17, 15) is 0 Å². The molecule has 2 aliphatic rings. The molecule has 1 heterocycles. The van der Waals surface area contributed by atoms with Gasteiger partial charge < -0.3 is 5.32 Å². The van der Waals surface area contributed by atoms with Crippen LogP contribution in [-0.2, 0) is 0 Å². The molecular formula is C14H24N2. The maximum Gasteiger partial charge on any atom is 0.0669 e. The Morgan fingerprint density at radius 2 is 1.81 bits per heavy atom. The minimum Gasteiger partial charge on any atom is -0.315 e. The summed E-state index contributed by atoms with van der Waals surface area (Å²) in [6.45, 7) is 5.99. The Bertz CT molecular complexity index is 218. The maximum atomic E-state index is 8.40. The van der Waals surface area contributed by atoms with E-state index in [-0.39, 0.29) is 5.92 Å². The summed E-state index contributed by atoms with van der Waals surface area (Å²) in [7, 11) is 0. The van der Waals surface area contributed by atoms with E-state index in [1.807, 2.05) is 13.8 Å². The van der Waals surface area contributed by atoms with E-state index in [0.29, 0.717) is 0 Å². The van der Waals surface area contributed by atoms with Crippen molar-refractivity contribution in [1.29, 1.82) is 5.26 Å². The fraction of sp³-hybridized carbons (Fsp3) is 0.643. The van der Waals surface area contributed by atoms with Gasteiger partial charge >= 0.3 is 0 Å². The first-order valence-corrected chi connectivity index (χ1v) is 6.35. The Balaban J connectivity index is 0.000000251. The Kier molecular flexibility index (Phi) is 11.2. The lowest BCUT2D eigenvalue weighted by molar-refractivity contribution is 0.446. The van der Waals surface area contributed by atoms with E-state index >= 15 is 0 Å². The smallest absolute Gasteiger partial charge is 0.0669 e. The zero-order valence-electron chi connectivity index (χ0n) is 10.6. The second kappa shape index (κ2) is 12.0. The van der Waals surface area contributed by atoms with Crippen LogP contribution in [0.1, 0.15) is 39.5 Å². The maximum absolute atomic E-state index is 8.40. The first-order chi connectivity index (χ1) is 7.93. The molecule has 1 unspecified atom stereocenters. The molecule has 2 rings (SSSR count). The minimum absolute atomic E-state index is 0.281. The Morgan fingerprint density at radius 1 is 1.19 bits per heavy atom. The first kappa shape index (κ1) is 14.9.